The highest BCUT2D eigenvalue weighted by Gasteiger charge is 2.30. The standard InChI is InChI=1S/C16H18N2O3/c1-4-21-14(19)10-11(2)15-12(3)17-18(16(15)20)13-8-6-5-7-9-13/h5-9H,4,10H2,1-3H3/b15-11-. The molecule has 0 N–H and O–H groups in total. The number of hydrogen-bond donors (Lipinski definition) is 0. The molecule has 2 rings (SSSR count). The van der Waals surface area contributed by atoms with Crippen molar-refractivity contribution in [3.05, 3.63) is 41.5 Å². The maximum Gasteiger partial charge on any atom is 0.309 e. The maximum absolute atomic E-state index is 12.5. The van der Waals surface area contributed by atoms with Gasteiger partial charge in [0.1, 0.15) is 0 Å². The van der Waals surface area contributed by atoms with Gasteiger partial charge in [-0.25, -0.2) is 0 Å². The summed E-state index contributed by atoms with van der Waals surface area (Å²) in [5.41, 5.74) is 2.50. The van der Waals surface area contributed by atoms with Crippen LogP contribution in [0.3, 0.4) is 0 Å². The third-order valence-electron chi connectivity index (χ3n) is 3.16. The zero-order valence-corrected chi connectivity index (χ0v) is 12.4. The van der Waals surface area contributed by atoms with Gasteiger partial charge in [0.25, 0.3) is 5.91 Å². The molecule has 0 saturated carbocycles. The molecule has 0 saturated heterocycles. The number of carbonyl (C=O) groups is 2. The van der Waals surface area contributed by atoms with E-state index in [0.29, 0.717) is 29.2 Å². The second-order valence-corrected chi connectivity index (χ2v) is 4.78. The molecule has 0 aromatic heterocycles. The van der Waals surface area contributed by atoms with Gasteiger partial charge in [-0.1, -0.05) is 18.2 Å². The Balaban J connectivity index is 2.26. The molecule has 0 unspecified atom stereocenters. The van der Waals surface area contributed by atoms with Crippen molar-refractivity contribution in [2.45, 2.75) is 27.2 Å². The Bertz CT molecular complexity index is 618. The number of esters is 1. The molecule has 5 heteroatoms. The number of para-hydroxylation sites is 1. The normalized spacial score (nSPS) is 16.8. The van der Waals surface area contributed by atoms with Crippen molar-refractivity contribution >= 4 is 23.3 Å². The predicted octanol–water partition coefficient (Wildman–Crippen LogP) is 2.68. The van der Waals surface area contributed by atoms with E-state index in [1.165, 1.54) is 5.01 Å². The van der Waals surface area contributed by atoms with Gasteiger partial charge in [-0.05, 0) is 38.5 Å². The fourth-order valence-electron chi connectivity index (χ4n) is 2.26. The first-order valence-electron chi connectivity index (χ1n) is 6.85. The van der Waals surface area contributed by atoms with E-state index in [-0.39, 0.29) is 18.3 Å². The number of hydrogen-bond acceptors (Lipinski definition) is 4. The molecule has 5 nitrogen and oxygen atoms in total. The molecule has 1 aromatic rings. The van der Waals surface area contributed by atoms with Crippen LogP contribution in [-0.2, 0) is 14.3 Å². The van der Waals surface area contributed by atoms with Gasteiger partial charge in [0.15, 0.2) is 0 Å². The number of anilines is 1. The lowest BCUT2D eigenvalue weighted by molar-refractivity contribution is -0.142. The Hall–Kier alpha value is -2.43. The molecular weight excluding hydrogens is 268 g/mol. The minimum atomic E-state index is -0.332. The Labute approximate surface area is 123 Å². The summed E-state index contributed by atoms with van der Waals surface area (Å²) >= 11 is 0. The van der Waals surface area contributed by atoms with E-state index in [0.717, 1.165) is 0 Å². The van der Waals surface area contributed by atoms with Gasteiger partial charge in [-0.2, -0.15) is 10.1 Å². The van der Waals surface area contributed by atoms with Crippen molar-refractivity contribution in [2.75, 3.05) is 11.6 Å². The zero-order valence-electron chi connectivity index (χ0n) is 12.4. The summed E-state index contributed by atoms with van der Waals surface area (Å²) in [5, 5.41) is 5.65. The highest BCUT2D eigenvalue weighted by Crippen LogP contribution is 2.26. The molecule has 0 atom stereocenters. The Kier molecular flexibility index (Phi) is 4.52. The SMILES string of the molecule is CCOC(=O)C/C(C)=C1\C(=O)N(c2ccccc2)N=C1C. The Morgan fingerprint density at radius 3 is 2.57 bits per heavy atom. The average Bonchev–Trinajstić information content (AvgIpc) is 2.75. The number of hydrazone groups is 1. The van der Waals surface area contributed by atoms with Crippen LogP contribution in [0, 0.1) is 0 Å². The van der Waals surface area contributed by atoms with Gasteiger partial charge in [0.05, 0.1) is 30.0 Å². The Morgan fingerprint density at radius 2 is 1.95 bits per heavy atom. The molecule has 0 radical (unpaired) electrons. The molecule has 1 amide bonds. The zero-order chi connectivity index (χ0) is 15.4. The lowest BCUT2D eigenvalue weighted by Crippen LogP contribution is -2.22. The fourth-order valence-corrected chi connectivity index (χ4v) is 2.26. The van der Waals surface area contributed by atoms with Crippen LogP contribution in [0.25, 0.3) is 0 Å². The van der Waals surface area contributed by atoms with Gasteiger partial charge in [-0.3, -0.25) is 9.59 Å². The summed E-state index contributed by atoms with van der Waals surface area (Å²) < 4.78 is 4.92. The molecular formula is C16H18N2O3. The first-order chi connectivity index (χ1) is 10.0. The maximum atomic E-state index is 12.5. The monoisotopic (exact) mass is 286 g/mol. The van der Waals surface area contributed by atoms with Gasteiger partial charge < -0.3 is 4.74 Å². The van der Waals surface area contributed by atoms with Crippen LogP contribution in [0.1, 0.15) is 27.2 Å². The molecule has 21 heavy (non-hydrogen) atoms. The number of rotatable bonds is 4. The summed E-state index contributed by atoms with van der Waals surface area (Å²) in [6.07, 6.45) is 0.102. The molecule has 0 bridgehead atoms. The molecule has 1 aliphatic heterocycles. The second-order valence-electron chi connectivity index (χ2n) is 4.78. The quantitative estimate of drug-likeness (QED) is 0.631. The third-order valence-corrected chi connectivity index (χ3v) is 3.16. The van der Waals surface area contributed by atoms with Crippen molar-refractivity contribution in [1.29, 1.82) is 0 Å². The largest absolute Gasteiger partial charge is 0.466 e. The van der Waals surface area contributed by atoms with Crippen molar-refractivity contribution in [2.24, 2.45) is 5.10 Å². The first kappa shape index (κ1) is 15.0. The minimum absolute atomic E-state index is 0.102. The highest BCUT2D eigenvalue weighted by molar-refractivity contribution is 6.30. The van der Waals surface area contributed by atoms with Crippen molar-refractivity contribution < 1.29 is 14.3 Å². The number of nitrogens with zero attached hydrogens (tertiary/aromatic N) is 2. The number of amides is 1. The summed E-state index contributed by atoms with van der Waals surface area (Å²) in [7, 11) is 0. The molecule has 0 spiro atoms. The van der Waals surface area contributed by atoms with Gasteiger partial charge in [0, 0.05) is 0 Å². The smallest absolute Gasteiger partial charge is 0.309 e. The topological polar surface area (TPSA) is 59.0 Å². The molecule has 0 fully saturated rings. The van der Waals surface area contributed by atoms with Crippen LogP contribution in [0.2, 0.25) is 0 Å². The minimum Gasteiger partial charge on any atom is -0.466 e. The van der Waals surface area contributed by atoms with Gasteiger partial charge in [0.2, 0.25) is 0 Å². The molecule has 1 heterocycles. The van der Waals surface area contributed by atoms with Crippen LogP contribution in [0.4, 0.5) is 5.69 Å². The summed E-state index contributed by atoms with van der Waals surface area (Å²) in [6, 6.07) is 9.21. The van der Waals surface area contributed by atoms with Crippen LogP contribution in [0.15, 0.2) is 46.6 Å². The van der Waals surface area contributed by atoms with Crippen LogP contribution < -0.4 is 5.01 Å². The third kappa shape index (κ3) is 3.18. The van der Waals surface area contributed by atoms with Crippen LogP contribution >= 0.6 is 0 Å². The van der Waals surface area contributed by atoms with Crippen molar-refractivity contribution in [1.82, 2.24) is 0 Å². The van der Waals surface area contributed by atoms with E-state index in [1.807, 2.05) is 30.3 Å². The van der Waals surface area contributed by atoms with E-state index in [1.54, 1.807) is 20.8 Å². The van der Waals surface area contributed by atoms with Crippen molar-refractivity contribution in [3.63, 3.8) is 0 Å². The molecule has 1 aromatic carbocycles. The molecule has 0 aliphatic carbocycles. The summed E-state index contributed by atoms with van der Waals surface area (Å²) in [6.45, 7) is 5.62. The predicted molar refractivity (Wildman–Crippen MR) is 81.0 cm³/mol. The highest BCUT2D eigenvalue weighted by atomic mass is 16.5. The molecule has 110 valence electrons. The molecule has 1 aliphatic rings. The van der Waals surface area contributed by atoms with E-state index >= 15 is 0 Å². The Morgan fingerprint density at radius 1 is 1.29 bits per heavy atom. The number of carbonyl (C=O) groups excluding carboxylic acids is 2. The van der Waals surface area contributed by atoms with E-state index in [4.69, 9.17) is 4.74 Å². The van der Waals surface area contributed by atoms with E-state index in [9.17, 15) is 9.59 Å². The van der Waals surface area contributed by atoms with Crippen molar-refractivity contribution in [3.8, 4) is 0 Å². The first-order valence-corrected chi connectivity index (χ1v) is 6.85. The van der Waals surface area contributed by atoms with Crippen LogP contribution in [0.5, 0.6) is 0 Å². The number of ether oxygens (including phenoxy) is 1. The van der Waals surface area contributed by atoms with E-state index in [2.05, 4.69) is 5.10 Å². The average molecular weight is 286 g/mol. The summed E-state index contributed by atoms with van der Waals surface area (Å²) in [4.78, 5) is 24.1. The second kappa shape index (κ2) is 6.35. The van der Waals surface area contributed by atoms with E-state index < -0.39 is 0 Å². The van der Waals surface area contributed by atoms with Gasteiger partial charge >= 0.3 is 5.97 Å². The lowest BCUT2D eigenvalue weighted by atomic mass is 10.0. The lowest BCUT2D eigenvalue weighted by Gasteiger charge is -2.12. The number of benzene rings is 1. The summed E-state index contributed by atoms with van der Waals surface area (Å²) in [5.74, 6) is -0.540. The fraction of sp³-hybridized carbons (Fsp3) is 0.312. The van der Waals surface area contributed by atoms with Gasteiger partial charge in [-0.15, -0.1) is 0 Å². The van der Waals surface area contributed by atoms with Crippen LogP contribution in [-0.4, -0.2) is 24.2 Å².